The molecule has 3 heteroatoms. The summed E-state index contributed by atoms with van der Waals surface area (Å²) in [6.45, 7) is 9.23. The molecule has 4 atom stereocenters. The Bertz CT molecular complexity index is 472. The highest BCUT2D eigenvalue weighted by Crippen LogP contribution is 2.36. The van der Waals surface area contributed by atoms with Gasteiger partial charge in [0.05, 0.1) is 10.0 Å². The van der Waals surface area contributed by atoms with Gasteiger partial charge in [-0.15, -0.1) is 0 Å². The standard InChI is InChI=1S/C18H27Cl2N/c1-11(2)14-9-8-12(3)10-17(14)21-13(4)15-6-5-7-16(19)18(15)20/h5-7,11-14,17,21H,8-10H2,1-4H3. The Morgan fingerprint density at radius 1 is 1.14 bits per heavy atom. The molecule has 1 aliphatic rings. The minimum atomic E-state index is 0.229. The number of rotatable bonds is 4. The summed E-state index contributed by atoms with van der Waals surface area (Å²) in [5.41, 5.74) is 1.10. The Hall–Kier alpha value is -0.240. The molecule has 1 aromatic carbocycles. The number of halogens is 2. The van der Waals surface area contributed by atoms with Crippen LogP contribution in [-0.4, -0.2) is 6.04 Å². The molecule has 4 unspecified atom stereocenters. The number of hydrogen-bond acceptors (Lipinski definition) is 1. The lowest BCUT2D eigenvalue weighted by molar-refractivity contribution is 0.161. The fourth-order valence-electron chi connectivity index (χ4n) is 3.66. The van der Waals surface area contributed by atoms with Crippen LogP contribution < -0.4 is 5.32 Å². The van der Waals surface area contributed by atoms with Gasteiger partial charge in [0.2, 0.25) is 0 Å². The molecule has 1 aromatic rings. The van der Waals surface area contributed by atoms with Crippen molar-refractivity contribution < 1.29 is 0 Å². The Morgan fingerprint density at radius 3 is 2.52 bits per heavy atom. The van der Waals surface area contributed by atoms with Crippen molar-refractivity contribution in [3.63, 3.8) is 0 Å². The first kappa shape index (κ1) is 17.1. The predicted octanol–water partition coefficient (Wildman–Crippen LogP) is 6.10. The van der Waals surface area contributed by atoms with E-state index in [1.54, 1.807) is 0 Å². The van der Waals surface area contributed by atoms with E-state index in [-0.39, 0.29) is 6.04 Å². The molecule has 1 N–H and O–H groups in total. The Kier molecular flexibility index (Phi) is 5.99. The van der Waals surface area contributed by atoms with Crippen LogP contribution in [0.5, 0.6) is 0 Å². The maximum Gasteiger partial charge on any atom is 0.0639 e. The minimum Gasteiger partial charge on any atom is -0.307 e. The molecule has 0 saturated heterocycles. The number of benzene rings is 1. The van der Waals surface area contributed by atoms with Crippen molar-refractivity contribution in [2.45, 2.75) is 59.0 Å². The van der Waals surface area contributed by atoms with Crippen molar-refractivity contribution in [2.75, 3.05) is 0 Å². The van der Waals surface area contributed by atoms with E-state index in [9.17, 15) is 0 Å². The monoisotopic (exact) mass is 327 g/mol. The van der Waals surface area contributed by atoms with Crippen molar-refractivity contribution in [3.8, 4) is 0 Å². The van der Waals surface area contributed by atoms with Crippen molar-refractivity contribution in [2.24, 2.45) is 17.8 Å². The third-order valence-corrected chi connectivity index (χ3v) is 5.77. The largest absolute Gasteiger partial charge is 0.307 e. The Labute approximate surface area is 139 Å². The van der Waals surface area contributed by atoms with Crippen LogP contribution in [0.2, 0.25) is 10.0 Å². The zero-order valence-electron chi connectivity index (χ0n) is 13.5. The first-order chi connectivity index (χ1) is 9.90. The van der Waals surface area contributed by atoms with Gasteiger partial charge in [-0.25, -0.2) is 0 Å². The lowest BCUT2D eigenvalue weighted by Crippen LogP contribution is -2.43. The third kappa shape index (κ3) is 4.15. The summed E-state index contributed by atoms with van der Waals surface area (Å²) < 4.78 is 0. The van der Waals surface area contributed by atoms with E-state index in [1.165, 1.54) is 19.3 Å². The summed E-state index contributed by atoms with van der Waals surface area (Å²) in [5.74, 6) is 2.28. The van der Waals surface area contributed by atoms with Gasteiger partial charge < -0.3 is 5.32 Å². The first-order valence-corrected chi connectivity index (χ1v) is 8.85. The second-order valence-corrected chi connectivity index (χ2v) is 7.75. The molecule has 118 valence electrons. The average Bonchev–Trinajstić information content (AvgIpc) is 2.41. The highest BCUT2D eigenvalue weighted by atomic mass is 35.5. The first-order valence-electron chi connectivity index (χ1n) is 8.10. The van der Waals surface area contributed by atoms with Crippen LogP contribution >= 0.6 is 23.2 Å². The molecule has 1 fully saturated rings. The summed E-state index contributed by atoms with van der Waals surface area (Å²) in [4.78, 5) is 0. The quantitative estimate of drug-likeness (QED) is 0.703. The highest BCUT2D eigenvalue weighted by Gasteiger charge is 2.31. The van der Waals surface area contributed by atoms with Crippen LogP contribution in [0.25, 0.3) is 0 Å². The molecule has 1 nitrogen and oxygen atoms in total. The molecule has 0 bridgehead atoms. The summed E-state index contributed by atoms with van der Waals surface area (Å²) >= 11 is 12.5. The van der Waals surface area contributed by atoms with Gasteiger partial charge in [-0.1, -0.05) is 62.5 Å². The summed E-state index contributed by atoms with van der Waals surface area (Å²) in [6, 6.07) is 6.69. The topological polar surface area (TPSA) is 12.0 Å². The molecule has 0 amide bonds. The summed E-state index contributed by atoms with van der Waals surface area (Å²) in [7, 11) is 0. The summed E-state index contributed by atoms with van der Waals surface area (Å²) in [5, 5.41) is 5.15. The van der Waals surface area contributed by atoms with Crippen LogP contribution in [-0.2, 0) is 0 Å². The highest BCUT2D eigenvalue weighted by molar-refractivity contribution is 6.42. The third-order valence-electron chi connectivity index (χ3n) is 4.93. The van der Waals surface area contributed by atoms with Crippen LogP contribution in [0.3, 0.4) is 0 Å². The Balaban J connectivity index is 2.12. The zero-order chi connectivity index (χ0) is 15.6. The lowest BCUT2D eigenvalue weighted by Gasteiger charge is -2.39. The maximum atomic E-state index is 6.36. The van der Waals surface area contributed by atoms with E-state index in [2.05, 4.69) is 39.1 Å². The fourth-order valence-corrected chi connectivity index (χ4v) is 4.13. The SMILES string of the molecule is CC1CCC(C(C)C)C(NC(C)c2cccc(Cl)c2Cl)C1. The van der Waals surface area contributed by atoms with Gasteiger partial charge in [0.25, 0.3) is 0 Å². The second-order valence-electron chi connectivity index (χ2n) is 6.96. The maximum absolute atomic E-state index is 6.36. The summed E-state index contributed by atoms with van der Waals surface area (Å²) in [6.07, 6.45) is 3.94. The van der Waals surface area contributed by atoms with E-state index >= 15 is 0 Å². The van der Waals surface area contributed by atoms with Crippen LogP contribution in [0.4, 0.5) is 0 Å². The van der Waals surface area contributed by atoms with Gasteiger partial charge in [0.15, 0.2) is 0 Å². The lowest BCUT2D eigenvalue weighted by atomic mass is 9.73. The molecule has 0 radical (unpaired) electrons. The van der Waals surface area contributed by atoms with Gasteiger partial charge in [-0.2, -0.15) is 0 Å². The fraction of sp³-hybridized carbons (Fsp3) is 0.667. The van der Waals surface area contributed by atoms with Gasteiger partial charge in [0, 0.05) is 12.1 Å². The molecule has 1 saturated carbocycles. The van der Waals surface area contributed by atoms with E-state index in [4.69, 9.17) is 23.2 Å². The van der Waals surface area contributed by atoms with Crippen molar-refractivity contribution in [3.05, 3.63) is 33.8 Å². The smallest absolute Gasteiger partial charge is 0.0639 e. The average molecular weight is 328 g/mol. The molecule has 0 heterocycles. The van der Waals surface area contributed by atoms with E-state index in [1.807, 2.05) is 12.1 Å². The molecular weight excluding hydrogens is 301 g/mol. The van der Waals surface area contributed by atoms with Crippen molar-refractivity contribution >= 4 is 23.2 Å². The van der Waals surface area contributed by atoms with Crippen molar-refractivity contribution in [1.82, 2.24) is 5.32 Å². The predicted molar refractivity (Wildman–Crippen MR) is 93.1 cm³/mol. The molecule has 0 spiro atoms. The van der Waals surface area contributed by atoms with Gasteiger partial charge in [0.1, 0.15) is 0 Å². The molecule has 1 aliphatic carbocycles. The van der Waals surface area contributed by atoms with E-state index in [0.29, 0.717) is 16.1 Å². The molecule has 0 aromatic heterocycles. The number of nitrogens with one attached hydrogen (secondary N) is 1. The molecule has 0 aliphatic heterocycles. The van der Waals surface area contributed by atoms with E-state index in [0.717, 1.165) is 23.3 Å². The second kappa shape index (κ2) is 7.35. The van der Waals surface area contributed by atoms with Crippen LogP contribution in [0.1, 0.15) is 58.6 Å². The van der Waals surface area contributed by atoms with Crippen molar-refractivity contribution in [1.29, 1.82) is 0 Å². The normalized spacial score (nSPS) is 27.9. The molecule has 21 heavy (non-hydrogen) atoms. The van der Waals surface area contributed by atoms with Gasteiger partial charge >= 0.3 is 0 Å². The Morgan fingerprint density at radius 2 is 1.86 bits per heavy atom. The molecular formula is C18H27Cl2N. The van der Waals surface area contributed by atoms with E-state index < -0.39 is 0 Å². The van der Waals surface area contributed by atoms with Gasteiger partial charge in [-0.05, 0) is 49.1 Å². The zero-order valence-corrected chi connectivity index (χ0v) is 15.0. The van der Waals surface area contributed by atoms with Crippen LogP contribution in [0.15, 0.2) is 18.2 Å². The van der Waals surface area contributed by atoms with Crippen LogP contribution in [0, 0.1) is 17.8 Å². The number of hydrogen-bond donors (Lipinski definition) is 1. The molecule has 2 rings (SSSR count). The van der Waals surface area contributed by atoms with Gasteiger partial charge in [-0.3, -0.25) is 0 Å². The minimum absolute atomic E-state index is 0.229.